The summed E-state index contributed by atoms with van der Waals surface area (Å²) in [7, 11) is 5.53. The summed E-state index contributed by atoms with van der Waals surface area (Å²) in [4.78, 5) is 13.4. The van der Waals surface area contributed by atoms with Crippen LogP contribution in [0.3, 0.4) is 0 Å². The lowest BCUT2D eigenvalue weighted by Crippen LogP contribution is -2.21. The van der Waals surface area contributed by atoms with Gasteiger partial charge in [0.1, 0.15) is 0 Å². The number of aromatic nitrogens is 1. The molecule has 18 heavy (non-hydrogen) atoms. The molecule has 1 aromatic heterocycles. The van der Waals surface area contributed by atoms with Crippen molar-refractivity contribution in [2.75, 3.05) is 14.1 Å². The van der Waals surface area contributed by atoms with E-state index in [9.17, 15) is 4.79 Å². The molecule has 0 unspecified atom stereocenters. The normalized spacial score (nSPS) is 9.89. The Labute approximate surface area is 109 Å². The minimum atomic E-state index is 0.0424. The first kappa shape index (κ1) is 14.3. The van der Waals surface area contributed by atoms with Gasteiger partial charge in [-0.05, 0) is 24.6 Å². The van der Waals surface area contributed by atoms with Gasteiger partial charge in [0.25, 0.3) is 5.91 Å². The van der Waals surface area contributed by atoms with Crippen LogP contribution in [0.1, 0.15) is 29.8 Å². The fourth-order valence-corrected chi connectivity index (χ4v) is 1.98. The van der Waals surface area contributed by atoms with Crippen molar-refractivity contribution in [2.24, 2.45) is 7.05 Å². The van der Waals surface area contributed by atoms with Crippen molar-refractivity contribution in [3.63, 3.8) is 0 Å². The van der Waals surface area contributed by atoms with E-state index in [0.29, 0.717) is 0 Å². The Morgan fingerprint density at radius 3 is 2.39 bits per heavy atom. The second kappa shape index (κ2) is 5.71. The molecular weight excluding hydrogens is 224 g/mol. The van der Waals surface area contributed by atoms with Gasteiger partial charge in [0, 0.05) is 43.8 Å². The van der Waals surface area contributed by atoms with Gasteiger partial charge in [-0.3, -0.25) is 4.79 Å². The first-order valence-electron chi connectivity index (χ1n) is 6.28. The molecule has 0 aliphatic carbocycles. The highest BCUT2D eigenvalue weighted by Gasteiger charge is 2.10. The average molecular weight is 246 g/mol. The number of nitrogens with zero attached hydrogens (tertiary/aromatic N) is 2. The number of fused-ring (bicyclic) bond motifs is 1. The molecule has 1 aromatic carbocycles. The molecule has 0 aliphatic rings. The van der Waals surface area contributed by atoms with Crippen LogP contribution in [0.25, 0.3) is 10.9 Å². The molecule has 1 heterocycles. The van der Waals surface area contributed by atoms with Crippen molar-refractivity contribution in [1.82, 2.24) is 9.47 Å². The van der Waals surface area contributed by atoms with E-state index in [2.05, 4.69) is 17.7 Å². The molecule has 0 radical (unpaired) electrons. The summed E-state index contributed by atoms with van der Waals surface area (Å²) in [6.07, 6.45) is 2.08. The first-order valence-corrected chi connectivity index (χ1v) is 6.28. The molecule has 0 spiro atoms. The van der Waals surface area contributed by atoms with Gasteiger partial charge in [-0.15, -0.1) is 0 Å². The number of carbonyl (C=O) groups is 1. The summed E-state index contributed by atoms with van der Waals surface area (Å²) in [6, 6.07) is 5.85. The van der Waals surface area contributed by atoms with E-state index in [1.165, 1.54) is 10.9 Å². The number of benzene rings is 1. The topological polar surface area (TPSA) is 25.2 Å². The van der Waals surface area contributed by atoms with Gasteiger partial charge in [0.05, 0.1) is 0 Å². The molecule has 1 amide bonds. The maximum atomic E-state index is 11.8. The standard InChI is InChI=1S/C13H16N2O.C2H6/c1-9-8-15(4)12-7-10(5-6-11(9)12)13(16)14(2)3;1-2/h5-8H,1-4H3;1-2H3. The Hall–Kier alpha value is -1.77. The summed E-state index contributed by atoms with van der Waals surface area (Å²) in [5.74, 6) is 0.0424. The molecular formula is C15H22N2O. The number of amides is 1. The lowest BCUT2D eigenvalue weighted by Gasteiger charge is -2.10. The molecule has 3 heteroatoms. The average Bonchev–Trinajstić information content (AvgIpc) is 2.66. The van der Waals surface area contributed by atoms with Crippen molar-refractivity contribution in [3.05, 3.63) is 35.5 Å². The molecule has 0 fully saturated rings. The Bertz CT molecular complexity index is 553. The highest BCUT2D eigenvalue weighted by molar-refractivity contribution is 5.98. The molecule has 0 bridgehead atoms. The predicted octanol–water partition coefficient (Wildman–Crippen LogP) is 3.21. The van der Waals surface area contributed by atoms with E-state index < -0.39 is 0 Å². The van der Waals surface area contributed by atoms with E-state index in [1.807, 2.05) is 39.1 Å². The fourth-order valence-electron chi connectivity index (χ4n) is 1.98. The fraction of sp³-hybridized carbons (Fsp3) is 0.400. The zero-order valence-electron chi connectivity index (χ0n) is 12.1. The first-order chi connectivity index (χ1) is 8.50. The number of rotatable bonds is 1. The molecule has 0 saturated carbocycles. The maximum absolute atomic E-state index is 11.8. The van der Waals surface area contributed by atoms with Crippen molar-refractivity contribution >= 4 is 16.8 Å². The van der Waals surface area contributed by atoms with Gasteiger partial charge in [-0.2, -0.15) is 0 Å². The summed E-state index contributed by atoms with van der Waals surface area (Å²) >= 11 is 0. The van der Waals surface area contributed by atoms with Crippen LogP contribution in [0.2, 0.25) is 0 Å². The third-order valence-electron chi connectivity index (χ3n) is 2.84. The van der Waals surface area contributed by atoms with Crippen LogP contribution in [-0.4, -0.2) is 29.5 Å². The van der Waals surface area contributed by atoms with E-state index >= 15 is 0 Å². The van der Waals surface area contributed by atoms with Crippen LogP contribution in [0.15, 0.2) is 24.4 Å². The Morgan fingerprint density at radius 2 is 1.83 bits per heavy atom. The lowest BCUT2D eigenvalue weighted by molar-refractivity contribution is 0.0828. The van der Waals surface area contributed by atoms with Crippen LogP contribution in [-0.2, 0) is 7.05 Å². The second-order valence-electron chi connectivity index (χ2n) is 4.35. The van der Waals surface area contributed by atoms with Crippen LogP contribution in [0, 0.1) is 6.92 Å². The van der Waals surface area contributed by atoms with E-state index in [0.717, 1.165) is 11.1 Å². The second-order valence-corrected chi connectivity index (χ2v) is 4.35. The Morgan fingerprint density at radius 1 is 1.22 bits per heavy atom. The lowest BCUT2D eigenvalue weighted by atomic mass is 10.1. The van der Waals surface area contributed by atoms with Gasteiger partial charge in [-0.25, -0.2) is 0 Å². The largest absolute Gasteiger partial charge is 0.350 e. The summed E-state index contributed by atoms with van der Waals surface area (Å²) in [6.45, 7) is 6.08. The minimum absolute atomic E-state index is 0.0424. The number of hydrogen-bond acceptors (Lipinski definition) is 1. The summed E-state index contributed by atoms with van der Waals surface area (Å²) < 4.78 is 2.05. The predicted molar refractivity (Wildman–Crippen MR) is 77.0 cm³/mol. The monoisotopic (exact) mass is 246 g/mol. The molecule has 0 N–H and O–H groups in total. The Kier molecular flexibility index (Phi) is 4.54. The van der Waals surface area contributed by atoms with Gasteiger partial charge >= 0.3 is 0 Å². The highest BCUT2D eigenvalue weighted by atomic mass is 16.2. The number of hydrogen-bond donors (Lipinski definition) is 0. The number of aryl methyl sites for hydroxylation is 2. The van der Waals surface area contributed by atoms with Gasteiger partial charge < -0.3 is 9.47 Å². The third kappa shape index (κ3) is 2.55. The smallest absolute Gasteiger partial charge is 0.253 e. The quantitative estimate of drug-likeness (QED) is 0.758. The van der Waals surface area contributed by atoms with E-state index in [1.54, 1.807) is 19.0 Å². The molecule has 2 rings (SSSR count). The molecule has 2 aromatic rings. The van der Waals surface area contributed by atoms with Crippen molar-refractivity contribution in [3.8, 4) is 0 Å². The number of carbonyl (C=O) groups excluding carboxylic acids is 1. The maximum Gasteiger partial charge on any atom is 0.253 e. The van der Waals surface area contributed by atoms with Gasteiger partial charge in [0.2, 0.25) is 0 Å². The van der Waals surface area contributed by atoms with Crippen LogP contribution < -0.4 is 0 Å². The van der Waals surface area contributed by atoms with E-state index in [-0.39, 0.29) is 5.91 Å². The van der Waals surface area contributed by atoms with Crippen molar-refractivity contribution in [1.29, 1.82) is 0 Å². The molecule has 0 saturated heterocycles. The Balaban J connectivity index is 0.000000771. The molecule has 3 nitrogen and oxygen atoms in total. The van der Waals surface area contributed by atoms with Crippen molar-refractivity contribution < 1.29 is 4.79 Å². The zero-order valence-corrected chi connectivity index (χ0v) is 12.1. The van der Waals surface area contributed by atoms with Gasteiger partial charge in [-0.1, -0.05) is 19.9 Å². The van der Waals surface area contributed by atoms with Crippen molar-refractivity contribution in [2.45, 2.75) is 20.8 Å². The SMILES string of the molecule is CC.Cc1cn(C)c2cc(C(=O)N(C)C)ccc12. The highest BCUT2D eigenvalue weighted by Crippen LogP contribution is 2.21. The van der Waals surface area contributed by atoms with E-state index in [4.69, 9.17) is 0 Å². The summed E-state index contributed by atoms with van der Waals surface area (Å²) in [5, 5.41) is 1.21. The molecule has 0 aliphatic heterocycles. The zero-order chi connectivity index (χ0) is 13.9. The van der Waals surface area contributed by atoms with Crippen LogP contribution >= 0.6 is 0 Å². The van der Waals surface area contributed by atoms with Crippen LogP contribution in [0.5, 0.6) is 0 Å². The molecule has 98 valence electrons. The molecule has 0 atom stereocenters. The minimum Gasteiger partial charge on any atom is -0.350 e. The third-order valence-corrected chi connectivity index (χ3v) is 2.84. The summed E-state index contributed by atoms with van der Waals surface area (Å²) in [5.41, 5.74) is 3.07. The van der Waals surface area contributed by atoms with Crippen LogP contribution in [0.4, 0.5) is 0 Å². The van der Waals surface area contributed by atoms with Gasteiger partial charge in [0.15, 0.2) is 0 Å².